The van der Waals surface area contributed by atoms with Crippen molar-refractivity contribution in [2.45, 2.75) is 27.3 Å². The van der Waals surface area contributed by atoms with E-state index in [1.165, 1.54) is 22.4 Å². The number of nitrogens with one attached hydrogen (secondary N) is 1. The molecule has 1 amide bonds. The van der Waals surface area contributed by atoms with Crippen molar-refractivity contribution in [3.63, 3.8) is 0 Å². The van der Waals surface area contributed by atoms with Gasteiger partial charge >= 0.3 is 11.7 Å². The monoisotopic (exact) mass is 473 g/mol. The second kappa shape index (κ2) is 10.3. The lowest BCUT2D eigenvalue weighted by molar-refractivity contribution is -0.121. The van der Waals surface area contributed by atoms with Crippen LogP contribution in [0.5, 0.6) is 0 Å². The Balaban J connectivity index is 1.89. The number of rotatable bonds is 9. The Morgan fingerprint density at radius 1 is 1.29 bits per heavy atom. The molecule has 3 aromatic heterocycles. The summed E-state index contributed by atoms with van der Waals surface area (Å²) >= 11 is 0. The molecule has 0 aliphatic carbocycles. The molecule has 182 valence electrons. The minimum absolute atomic E-state index is 0.0468. The van der Waals surface area contributed by atoms with E-state index in [2.05, 4.69) is 15.1 Å². The predicted octanol–water partition coefficient (Wildman–Crippen LogP) is -0.0377. The zero-order valence-electron chi connectivity index (χ0n) is 19.4. The van der Waals surface area contributed by atoms with Crippen LogP contribution in [0, 0.1) is 12.8 Å². The number of hydrogen-bond donors (Lipinski definition) is 2. The van der Waals surface area contributed by atoms with Gasteiger partial charge in [-0.25, -0.2) is 19.1 Å². The van der Waals surface area contributed by atoms with Crippen LogP contribution < -0.4 is 21.9 Å². The van der Waals surface area contributed by atoms with Crippen LogP contribution in [0.25, 0.3) is 5.65 Å². The van der Waals surface area contributed by atoms with Crippen molar-refractivity contribution in [1.29, 1.82) is 0 Å². The summed E-state index contributed by atoms with van der Waals surface area (Å²) in [7, 11) is 1.43. The number of nitrogens with zero attached hydrogens (tertiary/aromatic N) is 5. The van der Waals surface area contributed by atoms with Gasteiger partial charge in [0.15, 0.2) is 17.9 Å². The molecule has 3 aromatic rings. The number of carbonyl (C=O) groups is 2. The third kappa shape index (κ3) is 4.98. The van der Waals surface area contributed by atoms with Crippen LogP contribution in [-0.4, -0.2) is 62.9 Å². The second-order valence-electron chi connectivity index (χ2n) is 7.96. The summed E-state index contributed by atoms with van der Waals surface area (Å²) in [6.07, 6.45) is 3.14. The van der Waals surface area contributed by atoms with Crippen molar-refractivity contribution in [2.24, 2.45) is 5.92 Å². The SMILES string of the molecule is COCCN(C(=O)COC(=O)c1c(C)nn2cccnc12)c1c(N)n(CC(C)C)c(=O)[nH]c1=O. The highest BCUT2D eigenvalue weighted by atomic mass is 16.5. The molecule has 3 N–H and O–H groups in total. The largest absolute Gasteiger partial charge is 0.452 e. The van der Waals surface area contributed by atoms with Gasteiger partial charge in [-0.05, 0) is 18.9 Å². The molecule has 13 nitrogen and oxygen atoms in total. The summed E-state index contributed by atoms with van der Waals surface area (Å²) in [6.45, 7) is 4.93. The number of nitrogen functional groups attached to an aromatic ring is 1. The fourth-order valence-electron chi connectivity index (χ4n) is 3.44. The first-order valence-electron chi connectivity index (χ1n) is 10.5. The lowest BCUT2D eigenvalue weighted by Gasteiger charge is -2.24. The first-order chi connectivity index (χ1) is 16.1. The van der Waals surface area contributed by atoms with E-state index >= 15 is 0 Å². The molecule has 13 heteroatoms. The maximum Gasteiger partial charge on any atom is 0.344 e. The molecule has 0 bridgehead atoms. The maximum atomic E-state index is 13.1. The molecule has 0 saturated carbocycles. The molecule has 3 rings (SSSR count). The Labute approximate surface area is 194 Å². The van der Waals surface area contributed by atoms with Gasteiger partial charge < -0.3 is 15.2 Å². The molecule has 0 atom stereocenters. The second-order valence-corrected chi connectivity index (χ2v) is 7.96. The summed E-state index contributed by atoms with van der Waals surface area (Å²) in [6, 6.07) is 1.66. The molecule has 0 aromatic carbocycles. The van der Waals surface area contributed by atoms with Crippen molar-refractivity contribution in [1.82, 2.24) is 24.1 Å². The van der Waals surface area contributed by atoms with Crippen molar-refractivity contribution in [3.8, 4) is 0 Å². The first kappa shape index (κ1) is 24.6. The lowest BCUT2D eigenvalue weighted by atomic mass is 10.2. The number of carbonyl (C=O) groups excluding carboxylic acids is 2. The number of aromatic amines is 1. The molecule has 0 unspecified atom stereocenters. The van der Waals surface area contributed by atoms with Crippen LogP contribution in [0.2, 0.25) is 0 Å². The third-order valence-corrected chi connectivity index (χ3v) is 4.95. The topological polar surface area (TPSA) is 167 Å². The van der Waals surface area contributed by atoms with E-state index in [0.717, 1.165) is 4.90 Å². The number of amides is 1. The zero-order chi connectivity index (χ0) is 25.0. The highest BCUT2D eigenvalue weighted by molar-refractivity contribution is 6.01. The van der Waals surface area contributed by atoms with Crippen LogP contribution in [0.4, 0.5) is 11.5 Å². The highest BCUT2D eigenvalue weighted by Gasteiger charge is 2.27. The zero-order valence-corrected chi connectivity index (χ0v) is 19.4. The van der Waals surface area contributed by atoms with Gasteiger partial charge in [0.1, 0.15) is 11.4 Å². The van der Waals surface area contributed by atoms with Crippen LogP contribution in [0.15, 0.2) is 28.0 Å². The molecule has 34 heavy (non-hydrogen) atoms. The summed E-state index contributed by atoms with van der Waals surface area (Å²) in [5, 5.41) is 4.20. The molecule has 0 spiro atoms. The number of aryl methyl sites for hydroxylation is 1. The quantitative estimate of drug-likeness (QED) is 0.405. The fourth-order valence-corrected chi connectivity index (χ4v) is 3.44. The normalized spacial score (nSPS) is 11.2. The average molecular weight is 473 g/mol. The van der Waals surface area contributed by atoms with Crippen molar-refractivity contribution < 1.29 is 19.1 Å². The van der Waals surface area contributed by atoms with Gasteiger partial charge in [0.25, 0.3) is 11.5 Å². The Morgan fingerprint density at radius 3 is 2.71 bits per heavy atom. The van der Waals surface area contributed by atoms with E-state index in [0.29, 0.717) is 5.69 Å². The summed E-state index contributed by atoms with van der Waals surface area (Å²) in [4.78, 5) is 58.0. The number of H-pyrrole nitrogens is 1. The Morgan fingerprint density at radius 2 is 2.03 bits per heavy atom. The number of methoxy groups -OCH3 is 1. The maximum absolute atomic E-state index is 13.1. The van der Waals surface area contributed by atoms with Gasteiger partial charge in [0, 0.05) is 32.6 Å². The van der Waals surface area contributed by atoms with E-state index < -0.39 is 29.7 Å². The van der Waals surface area contributed by atoms with Crippen molar-refractivity contribution >= 4 is 29.0 Å². The molecule has 0 saturated heterocycles. The minimum atomic E-state index is -0.832. The first-order valence-corrected chi connectivity index (χ1v) is 10.5. The third-order valence-electron chi connectivity index (χ3n) is 4.95. The summed E-state index contributed by atoms with van der Waals surface area (Å²) in [5.41, 5.74) is 5.21. The molecular formula is C21H27N7O6. The van der Waals surface area contributed by atoms with E-state index in [4.69, 9.17) is 15.2 Å². The lowest BCUT2D eigenvalue weighted by Crippen LogP contribution is -2.44. The number of ether oxygens (including phenoxy) is 2. The van der Waals surface area contributed by atoms with Crippen LogP contribution >= 0.6 is 0 Å². The smallest absolute Gasteiger partial charge is 0.344 e. The Kier molecular flexibility index (Phi) is 7.46. The molecule has 0 aliphatic heterocycles. The van der Waals surface area contributed by atoms with Gasteiger partial charge in [-0.2, -0.15) is 5.10 Å². The van der Waals surface area contributed by atoms with Crippen molar-refractivity contribution in [3.05, 3.63) is 50.6 Å². The summed E-state index contributed by atoms with van der Waals surface area (Å²) < 4.78 is 12.9. The van der Waals surface area contributed by atoms with Gasteiger partial charge in [-0.1, -0.05) is 13.8 Å². The van der Waals surface area contributed by atoms with E-state index in [1.807, 2.05) is 13.8 Å². The van der Waals surface area contributed by atoms with Crippen LogP contribution in [0.3, 0.4) is 0 Å². The molecule has 0 aliphatic rings. The van der Waals surface area contributed by atoms with Crippen LogP contribution in [-0.2, 0) is 20.8 Å². The van der Waals surface area contributed by atoms with E-state index in [9.17, 15) is 19.2 Å². The molecule has 3 heterocycles. The predicted molar refractivity (Wildman–Crippen MR) is 123 cm³/mol. The molecule has 0 fully saturated rings. The van der Waals surface area contributed by atoms with Gasteiger partial charge in [-0.15, -0.1) is 0 Å². The summed E-state index contributed by atoms with van der Waals surface area (Å²) in [5.74, 6) is -1.64. The fraction of sp³-hybridized carbons (Fsp3) is 0.429. The van der Waals surface area contributed by atoms with Gasteiger partial charge in [0.2, 0.25) is 0 Å². The number of esters is 1. The molecular weight excluding hydrogens is 446 g/mol. The van der Waals surface area contributed by atoms with Crippen LogP contribution in [0.1, 0.15) is 29.9 Å². The number of fused-ring (bicyclic) bond motifs is 1. The van der Waals surface area contributed by atoms with E-state index in [1.54, 1.807) is 19.2 Å². The average Bonchev–Trinajstić information content (AvgIpc) is 3.12. The van der Waals surface area contributed by atoms with Gasteiger partial charge in [-0.3, -0.25) is 24.0 Å². The number of aromatic nitrogens is 5. The standard InChI is InChI=1S/C21H27N7O6/c1-12(2)10-27-17(22)16(19(30)24-21(27)32)26(8-9-33-4)14(29)11-34-20(31)15-13(3)25-28-7-5-6-23-18(15)28/h5-7,12H,8-11,22H2,1-4H3,(H,24,30,32). The highest BCUT2D eigenvalue weighted by Crippen LogP contribution is 2.19. The van der Waals surface area contributed by atoms with E-state index in [-0.39, 0.29) is 48.3 Å². The number of anilines is 2. The minimum Gasteiger partial charge on any atom is -0.452 e. The Bertz CT molecular complexity index is 1320. The number of hydrogen-bond acceptors (Lipinski definition) is 9. The van der Waals surface area contributed by atoms with Gasteiger partial charge in [0.05, 0.1) is 12.3 Å². The molecule has 0 radical (unpaired) electrons. The Hall–Kier alpha value is -4.00. The van der Waals surface area contributed by atoms with Crippen molar-refractivity contribution in [2.75, 3.05) is 37.5 Å². The number of nitrogens with two attached hydrogens (primary N) is 1.